The molecular formula is C19H17N3O5. The van der Waals surface area contributed by atoms with Gasteiger partial charge in [0.25, 0.3) is 5.54 Å². The van der Waals surface area contributed by atoms with Crippen LogP contribution in [0.1, 0.15) is 27.9 Å². The van der Waals surface area contributed by atoms with Gasteiger partial charge in [-0.05, 0) is 5.56 Å². The molecule has 4 rings (SSSR count). The first-order chi connectivity index (χ1) is 12.9. The molecule has 1 saturated heterocycles. The number of benzene rings is 2. The lowest BCUT2D eigenvalue weighted by molar-refractivity contribution is -0.623. The van der Waals surface area contributed by atoms with Crippen molar-refractivity contribution in [3.63, 3.8) is 0 Å². The van der Waals surface area contributed by atoms with E-state index in [-0.39, 0.29) is 24.2 Å². The molecule has 2 aromatic rings. The molecule has 8 heteroatoms. The highest BCUT2D eigenvalue weighted by Crippen LogP contribution is 2.47. The minimum Gasteiger partial charge on any atom is -0.286 e. The fourth-order valence-corrected chi connectivity index (χ4v) is 4.44. The Morgan fingerprint density at radius 2 is 1.48 bits per heavy atom. The number of hydrogen-bond acceptors (Lipinski definition) is 6. The van der Waals surface area contributed by atoms with E-state index >= 15 is 0 Å². The van der Waals surface area contributed by atoms with Gasteiger partial charge in [-0.2, -0.15) is 0 Å². The van der Waals surface area contributed by atoms with Crippen LogP contribution >= 0.6 is 0 Å². The van der Waals surface area contributed by atoms with Gasteiger partial charge in [-0.25, -0.2) is 0 Å². The number of piperidine rings is 1. The van der Waals surface area contributed by atoms with Crippen LogP contribution < -0.4 is 0 Å². The van der Waals surface area contributed by atoms with Crippen molar-refractivity contribution in [1.82, 2.24) is 4.90 Å². The van der Waals surface area contributed by atoms with Crippen molar-refractivity contribution in [2.45, 2.75) is 24.0 Å². The van der Waals surface area contributed by atoms with E-state index in [1.807, 2.05) is 30.3 Å². The van der Waals surface area contributed by atoms with E-state index in [0.717, 1.165) is 5.56 Å². The summed E-state index contributed by atoms with van der Waals surface area (Å²) < 4.78 is 0. The average molecular weight is 367 g/mol. The lowest BCUT2D eigenvalue weighted by Crippen LogP contribution is -2.69. The number of Topliss-reactive ketones (excluding diaryl/α,β-unsaturated/α-hetero) is 1. The third-order valence-electron chi connectivity index (χ3n) is 5.60. The highest BCUT2D eigenvalue weighted by molar-refractivity contribution is 6.05. The molecule has 2 atom stereocenters. The Hall–Kier alpha value is -3.13. The van der Waals surface area contributed by atoms with Crippen LogP contribution in [0.3, 0.4) is 0 Å². The molecule has 1 aliphatic carbocycles. The Balaban J connectivity index is 1.87. The second-order valence-electron chi connectivity index (χ2n) is 7.26. The van der Waals surface area contributed by atoms with E-state index in [4.69, 9.17) is 0 Å². The minimum absolute atomic E-state index is 0.0226. The van der Waals surface area contributed by atoms with Crippen molar-refractivity contribution in [2.75, 3.05) is 13.1 Å². The molecule has 0 radical (unpaired) electrons. The normalized spacial score (nSPS) is 27.0. The van der Waals surface area contributed by atoms with Gasteiger partial charge in [-0.15, -0.1) is 0 Å². The fraction of sp³-hybridized carbons (Fsp3) is 0.316. The number of nitro groups is 2. The van der Waals surface area contributed by atoms with Crippen LogP contribution in [-0.4, -0.2) is 39.2 Å². The van der Waals surface area contributed by atoms with Crippen LogP contribution in [0.15, 0.2) is 54.6 Å². The summed E-state index contributed by atoms with van der Waals surface area (Å²) in [4.78, 5) is 37.8. The average Bonchev–Trinajstić information content (AvgIpc) is 2.66. The van der Waals surface area contributed by atoms with E-state index in [1.165, 1.54) is 6.07 Å². The maximum absolute atomic E-state index is 13.1. The van der Waals surface area contributed by atoms with E-state index in [2.05, 4.69) is 0 Å². The predicted octanol–water partition coefficient (Wildman–Crippen LogP) is 2.28. The quantitative estimate of drug-likeness (QED) is 0.606. The molecule has 0 aromatic heterocycles. The van der Waals surface area contributed by atoms with Crippen LogP contribution in [-0.2, 0) is 12.1 Å². The Morgan fingerprint density at radius 1 is 0.889 bits per heavy atom. The Kier molecular flexibility index (Phi) is 3.81. The number of carbonyl (C=O) groups is 1. The second kappa shape index (κ2) is 5.95. The molecule has 8 nitrogen and oxygen atoms in total. The minimum atomic E-state index is -2.01. The molecule has 0 saturated carbocycles. The standard InChI is InChI=1S/C19H17N3O5/c23-17-15-8-4-5-9-16(15)18(21(24)25)11-19(17,22(26)27)13-20(12-18)10-14-6-2-1-3-7-14/h1-9H,10-13H2/t18-,19+/m0/s1. The van der Waals surface area contributed by atoms with Gasteiger partial charge in [0.15, 0.2) is 0 Å². The molecule has 2 aromatic carbocycles. The Labute approximate surface area is 154 Å². The zero-order chi connectivity index (χ0) is 19.2. The zero-order valence-corrected chi connectivity index (χ0v) is 14.4. The van der Waals surface area contributed by atoms with Crippen molar-refractivity contribution in [3.8, 4) is 0 Å². The fourth-order valence-electron chi connectivity index (χ4n) is 4.44. The van der Waals surface area contributed by atoms with E-state index < -0.39 is 33.1 Å². The van der Waals surface area contributed by atoms with Gasteiger partial charge in [0, 0.05) is 27.5 Å². The van der Waals surface area contributed by atoms with Crippen LogP contribution in [0.25, 0.3) is 0 Å². The molecule has 0 unspecified atom stereocenters. The third kappa shape index (κ3) is 2.44. The summed E-state index contributed by atoms with van der Waals surface area (Å²) in [6.07, 6.45) is -0.416. The van der Waals surface area contributed by atoms with Crippen LogP contribution in [0.2, 0.25) is 0 Å². The smallest absolute Gasteiger partial charge is 0.286 e. The number of likely N-dealkylation sites (tertiary alicyclic amines) is 1. The molecule has 1 heterocycles. The predicted molar refractivity (Wildman–Crippen MR) is 95.5 cm³/mol. The first-order valence-electron chi connectivity index (χ1n) is 8.59. The van der Waals surface area contributed by atoms with E-state index in [1.54, 1.807) is 23.1 Å². The second-order valence-corrected chi connectivity index (χ2v) is 7.26. The third-order valence-corrected chi connectivity index (χ3v) is 5.60. The maximum Gasteiger partial charge on any atom is 0.303 e. The zero-order valence-electron chi connectivity index (χ0n) is 14.4. The number of hydrogen-bond donors (Lipinski definition) is 0. The molecule has 2 aliphatic rings. The lowest BCUT2D eigenvalue weighted by Gasteiger charge is -2.45. The van der Waals surface area contributed by atoms with Gasteiger partial charge in [0.05, 0.1) is 13.1 Å². The van der Waals surface area contributed by atoms with Gasteiger partial charge in [0.1, 0.15) is 6.42 Å². The number of fused-ring (bicyclic) bond motifs is 4. The summed E-state index contributed by atoms with van der Waals surface area (Å²) in [6, 6.07) is 15.5. The summed E-state index contributed by atoms with van der Waals surface area (Å²) in [5, 5.41) is 24.2. The van der Waals surface area contributed by atoms with Crippen molar-refractivity contribution in [1.29, 1.82) is 0 Å². The highest BCUT2D eigenvalue weighted by Gasteiger charge is 2.70. The van der Waals surface area contributed by atoms with E-state index in [0.29, 0.717) is 6.54 Å². The molecular weight excluding hydrogens is 350 g/mol. The summed E-state index contributed by atoms with van der Waals surface area (Å²) >= 11 is 0. The number of rotatable bonds is 4. The summed E-state index contributed by atoms with van der Waals surface area (Å²) in [5.41, 5.74) is -2.43. The molecule has 2 bridgehead atoms. The molecule has 0 amide bonds. The summed E-state index contributed by atoms with van der Waals surface area (Å²) in [7, 11) is 0. The molecule has 27 heavy (non-hydrogen) atoms. The van der Waals surface area contributed by atoms with Crippen molar-refractivity contribution in [3.05, 3.63) is 91.5 Å². The number of ketones is 1. The molecule has 138 valence electrons. The summed E-state index contributed by atoms with van der Waals surface area (Å²) in [5.74, 6) is -0.640. The first kappa shape index (κ1) is 17.3. The number of carbonyl (C=O) groups excluding carboxylic acids is 1. The van der Waals surface area contributed by atoms with Gasteiger partial charge in [-0.1, -0.05) is 54.6 Å². The van der Waals surface area contributed by atoms with Crippen LogP contribution in [0.4, 0.5) is 0 Å². The van der Waals surface area contributed by atoms with Crippen LogP contribution in [0, 0.1) is 20.2 Å². The largest absolute Gasteiger partial charge is 0.303 e. The van der Waals surface area contributed by atoms with Gasteiger partial charge in [0.2, 0.25) is 5.78 Å². The molecule has 0 spiro atoms. The molecule has 0 N–H and O–H groups in total. The number of nitrogens with zero attached hydrogens (tertiary/aromatic N) is 3. The highest BCUT2D eigenvalue weighted by atomic mass is 16.6. The van der Waals surface area contributed by atoms with E-state index in [9.17, 15) is 25.0 Å². The Morgan fingerprint density at radius 3 is 2.15 bits per heavy atom. The summed E-state index contributed by atoms with van der Waals surface area (Å²) in [6.45, 7) is 0.188. The van der Waals surface area contributed by atoms with Crippen molar-refractivity contribution < 1.29 is 14.6 Å². The topological polar surface area (TPSA) is 107 Å². The monoisotopic (exact) mass is 367 g/mol. The van der Waals surface area contributed by atoms with Gasteiger partial charge in [-0.3, -0.25) is 29.9 Å². The first-order valence-corrected chi connectivity index (χ1v) is 8.59. The molecule has 1 aliphatic heterocycles. The molecule has 1 fully saturated rings. The van der Waals surface area contributed by atoms with Crippen molar-refractivity contribution >= 4 is 5.78 Å². The SMILES string of the molecule is O=C1c2ccccc2[C@@]2([N+](=O)[O-])CN(Cc3ccccc3)C[C@]1([N+](=O)[O-])C2. The maximum atomic E-state index is 13.1. The lowest BCUT2D eigenvalue weighted by atomic mass is 9.64. The van der Waals surface area contributed by atoms with Crippen LogP contribution in [0.5, 0.6) is 0 Å². The van der Waals surface area contributed by atoms with Gasteiger partial charge >= 0.3 is 5.54 Å². The Bertz CT molecular complexity index is 947. The van der Waals surface area contributed by atoms with Crippen molar-refractivity contribution in [2.24, 2.45) is 0 Å². The van der Waals surface area contributed by atoms with Gasteiger partial charge < -0.3 is 0 Å².